The molecule has 0 aromatic heterocycles. The van der Waals surface area contributed by atoms with E-state index in [2.05, 4.69) is 0 Å². The van der Waals surface area contributed by atoms with Gasteiger partial charge in [0.05, 0.1) is 0 Å². The first-order valence-electron chi connectivity index (χ1n) is 6.64. The van der Waals surface area contributed by atoms with Gasteiger partial charge in [0.25, 0.3) is 0 Å². The van der Waals surface area contributed by atoms with Crippen LogP contribution in [0.2, 0.25) is 0 Å². The number of aromatic hydroxyl groups is 4. The van der Waals surface area contributed by atoms with Crippen LogP contribution in [-0.2, 0) is 4.79 Å². The fourth-order valence-electron chi connectivity index (χ4n) is 2.43. The molecule has 3 rings (SSSR count). The second-order valence-corrected chi connectivity index (χ2v) is 5.18. The first kappa shape index (κ1) is 14.7. The highest BCUT2D eigenvalue weighted by Gasteiger charge is 2.40. The fraction of sp³-hybridized carbons (Fsp3) is 0.125. The van der Waals surface area contributed by atoms with E-state index in [1.807, 2.05) is 0 Å². The van der Waals surface area contributed by atoms with E-state index in [4.69, 9.17) is 4.74 Å². The Hall–Kier alpha value is -3.22. The van der Waals surface area contributed by atoms with E-state index in [0.29, 0.717) is 0 Å². The van der Waals surface area contributed by atoms with Gasteiger partial charge in [-0.3, -0.25) is 9.59 Å². The molecule has 1 heterocycles. The molecule has 0 amide bonds. The summed E-state index contributed by atoms with van der Waals surface area (Å²) in [5.41, 5.74) is 0.0581. The summed E-state index contributed by atoms with van der Waals surface area (Å²) in [6, 6.07) is 4.56. The van der Waals surface area contributed by atoms with E-state index >= 15 is 0 Å². The molecule has 0 aliphatic carbocycles. The van der Waals surface area contributed by atoms with Crippen LogP contribution in [0.3, 0.4) is 0 Å². The summed E-state index contributed by atoms with van der Waals surface area (Å²) in [5, 5.41) is 38.4. The second kappa shape index (κ2) is 4.91. The lowest BCUT2D eigenvalue weighted by molar-refractivity contribution is -0.122. The minimum absolute atomic E-state index is 0.0929. The van der Waals surface area contributed by atoms with Gasteiger partial charge >= 0.3 is 0 Å². The van der Waals surface area contributed by atoms with Crippen LogP contribution < -0.4 is 4.74 Å². The zero-order valence-corrected chi connectivity index (χ0v) is 11.9. The Morgan fingerprint density at radius 2 is 1.61 bits per heavy atom. The topological polar surface area (TPSA) is 124 Å². The Morgan fingerprint density at radius 1 is 0.913 bits per heavy atom. The third-order valence-corrected chi connectivity index (χ3v) is 3.71. The highest BCUT2D eigenvalue weighted by Crippen LogP contribution is 2.44. The molecule has 0 radical (unpaired) electrons. The number of phenols is 4. The van der Waals surface area contributed by atoms with E-state index in [-0.39, 0.29) is 33.9 Å². The molecule has 0 spiro atoms. The smallest absolute Gasteiger partial charge is 0.248 e. The molecule has 1 aliphatic rings. The lowest BCUT2D eigenvalue weighted by Crippen LogP contribution is -2.32. The minimum atomic E-state index is -1.35. The highest BCUT2D eigenvalue weighted by molar-refractivity contribution is 6.47. The maximum Gasteiger partial charge on any atom is 0.248 e. The van der Waals surface area contributed by atoms with Gasteiger partial charge in [0.2, 0.25) is 11.6 Å². The average Bonchev–Trinajstić information content (AvgIpc) is 2.50. The Labute approximate surface area is 130 Å². The monoisotopic (exact) mass is 316 g/mol. The summed E-state index contributed by atoms with van der Waals surface area (Å²) in [6.45, 7) is 1.47. The lowest BCUT2D eigenvalue weighted by Gasteiger charge is -2.26. The summed E-state index contributed by atoms with van der Waals surface area (Å²) in [7, 11) is 0. The highest BCUT2D eigenvalue weighted by atomic mass is 16.5. The Kier molecular flexibility index (Phi) is 3.14. The molecule has 0 bridgehead atoms. The Balaban J connectivity index is 2.16. The normalized spacial score (nSPS) is 16.8. The van der Waals surface area contributed by atoms with Gasteiger partial charge < -0.3 is 25.2 Å². The number of phenolic OH excluding ortho intramolecular Hbond substituents is 4. The van der Waals surface area contributed by atoms with Crippen LogP contribution in [0.25, 0.3) is 0 Å². The lowest BCUT2D eigenvalue weighted by atomic mass is 9.92. The molecule has 1 unspecified atom stereocenters. The van der Waals surface area contributed by atoms with E-state index in [0.717, 1.165) is 18.2 Å². The van der Waals surface area contributed by atoms with Gasteiger partial charge in [0.15, 0.2) is 17.6 Å². The Morgan fingerprint density at radius 3 is 2.26 bits per heavy atom. The van der Waals surface area contributed by atoms with Crippen LogP contribution in [0, 0.1) is 6.92 Å². The van der Waals surface area contributed by atoms with Crippen LogP contribution in [0.4, 0.5) is 0 Å². The van der Waals surface area contributed by atoms with E-state index in [9.17, 15) is 30.0 Å². The number of hydrogen-bond donors (Lipinski definition) is 4. The summed E-state index contributed by atoms with van der Waals surface area (Å²) in [4.78, 5) is 24.5. The predicted molar refractivity (Wildman–Crippen MR) is 77.0 cm³/mol. The number of Topliss-reactive ketones (excluding diaryl/α,β-unsaturated/α-hetero) is 2. The number of benzene rings is 2. The number of carbonyl (C=O) groups is 2. The maximum atomic E-state index is 12.3. The van der Waals surface area contributed by atoms with Gasteiger partial charge in [-0.2, -0.15) is 0 Å². The number of ether oxygens (including phenoxy) is 1. The second-order valence-electron chi connectivity index (χ2n) is 5.18. The van der Waals surface area contributed by atoms with Crippen LogP contribution in [0.15, 0.2) is 24.3 Å². The van der Waals surface area contributed by atoms with Gasteiger partial charge in [0, 0.05) is 17.2 Å². The van der Waals surface area contributed by atoms with Crippen molar-refractivity contribution in [3.8, 4) is 28.7 Å². The molecule has 2 aromatic rings. The number of carbonyl (C=O) groups excluding carboxylic acids is 2. The number of fused-ring (bicyclic) bond motifs is 1. The van der Waals surface area contributed by atoms with Crippen molar-refractivity contribution >= 4 is 11.6 Å². The number of hydrogen-bond acceptors (Lipinski definition) is 7. The molecule has 23 heavy (non-hydrogen) atoms. The van der Waals surface area contributed by atoms with Gasteiger partial charge in [0.1, 0.15) is 22.8 Å². The van der Waals surface area contributed by atoms with Crippen molar-refractivity contribution in [3.63, 3.8) is 0 Å². The molecule has 7 nitrogen and oxygen atoms in total. The van der Waals surface area contributed by atoms with Crippen LogP contribution in [-0.4, -0.2) is 32.0 Å². The van der Waals surface area contributed by atoms with Crippen molar-refractivity contribution in [2.24, 2.45) is 0 Å². The molecule has 4 N–H and O–H groups in total. The third kappa shape index (κ3) is 2.13. The SMILES string of the molecule is Cc1c(O)cc(O)c2c1OC(c1ccc(O)c(O)c1)C(=O)C2=O. The summed E-state index contributed by atoms with van der Waals surface area (Å²) < 4.78 is 5.50. The molecular formula is C16H12O7. The molecule has 7 heteroatoms. The summed E-state index contributed by atoms with van der Waals surface area (Å²) in [5.74, 6) is -3.65. The minimum Gasteiger partial charge on any atom is -0.507 e. The summed E-state index contributed by atoms with van der Waals surface area (Å²) in [6.07, 6.45) is -1.35. The summed E-state index contributed by atoms with van der Waals surface area (Å²) >= 11 is 0. The van der Waals surface area contributed by atoms with Crippen molar-refractivity contribution in [1.82, 2.24) is 0 Å². The van der Waals surface area contributed by atoms with Gasteiger partial charge in [-0.25, -0.2) is 0 Å². The molecular weight excluding hydrogens is 304 g/mol. The van der Waals surface area contributed by atoms with Crippen molar-refractivity contribution in [3.05, 3.63) is 41.0 Å². The molecule has 118 valence electrons. The zero-order valence-electron chi connectivity index (χ0n) is 11.9. The van der Waals surface area contributed by atoms with Gasteiger partial charge in [-0.1, -0.05) is 6.07 Å². The van der Waals surface area contributed by atoms with Gasteiger partial charge in [-0.05, 0) is 19.1 Å². The molecule has 0 saturated carbocycles. The first-order valence-corrected chi connectivity index (χ1v) is 6.64. The average molecular weight is 316 g/mol. The standard InChI is InChI=1S/C16H12O7/c1-6-9(18)5-11(20)12-13(21)14(22)16(23-15(6)12)7-2-3-8(17)10(19)4-7/h2-5,16-20H,1H3. The number of ketones is 2. The number of rotatable bonds is 1. The molecule has 1 aliphatic heterocycles. The van der Waals surface area contributed by atoms with E-state index < -0.39 is 29.2 Å². The largest absolute Gasteiger partial charge is 0.507 e. The van der Waals surface area contributed by atoms with Crippen LogP contribution in [0.1, 0.15) is 27.6 Å². The van der Waals surface area contributed by atoms with Crippen molar-refractivity contribution in [2.75, 3.05) is 0 Å². The van der Waals surface area contributed by atoms with E-state index in [1.54, 1.807) is 0 Å². The molecule has 0 fully saturated rings. The van der Waals surface area contributed by atoms with Crippen molar-refractivity contribution in [1.29, 1.82) is 0 Å². The predicted octanol–water partition coefficient (Wildman–Crippen LogP) is 1.70. The van der Waals surface area contributed by atoms with Gasteiger partial charge in [-0.15, -0.1) is 0 Å². The fourth-order valence-corrected chi connectivity index (χ4v) is 2.43. The van der Waals surface area contributed by atoms with Crippen molar-refractivity contribution in [2.45, 2.75) is 13.0 Å². The van der Waals surface area contributed by atoms with Crippen LogP contribution in [0.5, 0.6) is 28.7 Å². The maximum absolute atomic E-state index is 12.3. The molecule has 2 aromatic carbocycles. The molecule has 0 saturated heterocycles. The Bertz CT molecular complexity index is 854. The molecule has 1 atom stereocenters. The van der Waals surface area contributed by atoms with Crippen molar-refractivity contribution < 1.29 is 34.8 Å². The zero-order chi connectivity index (χ0) is 16.9. The first-order chi connectivity index (χ1) is 10.8. The van der Waals surface area contributed by atoms with Crippen LogP contribution >= 0.6 is 0 Å². The van der Waals surface area contributed by atoms with E-state index in [1.165, 1.54) is 13.0 Å². The third-order valence-electron chi connectivity index (χ3n) is 3.71. The quantitative estimate of drug-likeness (QED) is 0.466.